The molecule has 1 aliphatic heterocycles. The van der Waals surface area contributed by atoms with Gasteiger partial charge in [0.25, 0.3) is 0 Å². The molecule has 204 valence electrons. The highest BCUT2D eigenvalue weighted by Crippen LogP contribution is 2.39. The molecule has 0 unspecified atom stereocenters. The Morgan fingerprint density at radius 1 is 1.03 bits per heavy atom. The average Bonchev–Trinajstić information content (AvgIpc) is 2.81. The van der Waals surface area contributed by atoms with Gasteiger partial charge in [0.15, 0.2) is 0 Å². The van der Waals surface area contributed by atoms with Crippen LogP contribution in [0.2, 0.25) is 0 Å². The number of aryl methyl sites for hydroxylation is 1. The van der Waals surface area contributed by atoms with E-state index in [4.69, 9.17) is 0 Å². The van der Waals surface area contributed by atoms with Crippen LogP contribution in [0.5, 0.6) is 0 Å². The van der Waals surface area contributed by atoms with Gasteiger partial charge < -0.3 is 9.80 Å². The first-order valence-corrected chi connectivity index (χ1v) is 11.9. The fraction of sp³-hybridized carbons (Fsp3) is 0.500. The van der Waals surface area contributed by atoms with E-state index in [1.807, 2.05) is 6.92 Å². The molecule has 2 aromatic carbocycles. The van der Waals surface area contributed by atoms with Gasteiger partial charge in [-0.3, -0.25) is 4.90 Å². The Balaban J connectivity index is 1.96. The minimum atomic E-state index is -4.99. The van der Waals surface area contributed by atoms with Crippen LogP contribution in [-0.2, 0) is 12.4 Å². The molecule has 0 aliphatic carbocycles. The third-order valence-electron chi connectivity index (χ3n) is 6.82. The summed E-state index contributed by atoms with van der Waals surface area (Å²) in [6.45, 7) is 7.25. The van der Waals surface area contributed by atoms with Gasteiger partial charge in [0.1, 0.15) is 5.82 Å². The Labute approximate surface area is 211 Å². The van der Waals surface area contributed by atoms with Crippen LogP contribution in [0.3, 0.4) is 0 Å². The second-order valence-corrected chi connectivity index (χ2v) is 9.42. The number of carbonyl (C=O) groups is 1. The maximum absolute atomic E-state index is 13.8. The van der Waals surface area contributed by atoms with E-state index in [-0.39, 0.29) is 11.6 Å². The van der Waals surface area contributed by atoms with Crippen molar-refractivity contribution in [2.45, 2.75) is 51.6 Å². The fourth-order valence-corrected chi connectivity index (χ4v) is 4.68. The number of rotatable bonds is 5. The Kier molecular flexibility index (Phi) is 8.46. The Bertz CT molecular complexity index is 1080. The summed E-state index contributed by atoms with van der Waals surface area (Å²) in [5.41, 5.74) is -1.77. The molecular formula is C26H30F7N3O. The van der Waals surface area contributed by atoms with Gasteiger partial charge in [0, 0.05) is 26.7 Å². The summed E-state index contributed by atoms with van der Waals surface area (Å²) in [6.07, 6.45) is -9.09. The minimum Gasteiger partial charge on any atom is -0.321 e. The number of alkyl halides is 6. The van der Waals surface area contributed by atoms with Gasteiger partial charge in [-0.2, -0.15) is 26.3 Å². The quantitative estimate of drug-likeness (QED) is 0.385. The van der Waals surface area contributed by atoms with Gasteiger partial charge in [-0.05, 0) is 73.8 Å². The van der Waals surface area contributed by atoms with Gasteiger partial charge in [-0.25, -0.2) is 9.18 Å². The molecule has 3 rings (SSSR count). The summed E-state index contributed by atoms with van der Waals surface area (Å²) in [6, 6.07) is 3.55. The first kappa shape index (κ1) is 28.7. The van der Waals surface area contributed by atoms with E-state index in [1.54, 1.807) is 17.9 Å². The topological polar surface area (TPSA) is 26.8 Å². The number of nitrogens with zero attached hydrogens (tertiary/aromatic N) is 3. The molecule has 1 fully saturated rings. The maximum atomic E-state index is 13.8. The molecular weight excluding hydrogens is 503 g/mol. The summed E-state index contributed by atoms with van der Waals surface area (Å²) in [5.74, 6) is -0.420. The second kappa shape index (κ2) is 10.9. The van der Waals surface area contributed by atoms with E-state index in [9.17, 15) is 35.5 Å². The molecule has 11 heteroatoms. The number of benzene rings is 2. The molecule has 37 heavy (non-hydrogen) atoms. The Hall–Kier alpha value is -2.82. The summed E-state index contributed by atoms with van der Waals surface area (Å²) < 4.78 is 94.0. The van der Waals surface area contributed by atoms with Crippen LogP contribution in [0, 0.1) is 12.7 Å². The second-order valence-electron chi connectivity index (χ2n) is 9.42. The van der Waals surface area contributed by atoms with E-state index in [1.165, 1.54) is 26.1 Å². The van der Waals surface area contributed by atoms with Crippen LogP contribution in [-0.4, -0.2) is 54.0 Å². The number of halogens is 7. The van der Waals surface area contributed by atoms with Gasteiger partial charge in [0.05, 0.1) is 23.2 Å². The van der Waals surface area contributed by atoms with Gasteiger partial charge >= 0.3 is 18.4 Å². The monoisotopic (exact) mass is 533 g/mol. The van der Waals surface area contributed by atoms with E-state index in [0.29, 0.717) is 37.3 Å². The largest absolute Gasteiger partial charge is 0.416 e. The van der Waals surface area contributed by atoms with Gasteiger partial charge in [-0.15, -0.1) is 0 Å². The lowest BCUT2D eigenvalue weighted by Gasteiger charge is -2.44. The zero-order valence-corrected chi connectivity index (χ0v) is 21.0. The highest BCUT2D eigenvalue weighted by Gasteiger charge is 2.39. The molecule has 2 amide bonds. The SMILES string of the molecule is CCCN1CCN(C(=O)N(C)[C@H](C)c2cc(C(F)(F)F)cc(C(F)(F)F)c2)[C@@H](c2ccc(F)cc2C)C1. The molecule has 1 saturated heterocycles. The van der Waals surface area contributed by atoms with Crippen molar-refractivity contribution in [1.82, 2.24) is 14.7 Å². The molecule has 2 atom stereocenters. The molecule has 0 saturated carbocycles. The van der Waals surface area contributed by atoms with Crippen molar-refractivity contribution in [3.05, 3.63) is 70.0 Å². The Morgan fingerprint density at radius 3 is 2.14 bits per heavy atom. The van der Waals surface area contributed by atoms with Crippen molar-refractivity contribution in [3.63, 3.8) is 0 Å². The normalized spacial score (nSPS) is 18.1. The Morgan fingerprint density at radius 2 is 1.62 bits per heavy atom. The van der Waals surface area contributed by atoms with Crippen LogP contribution in [0.15, 0.2) is 36.4 Å². The van der Waals surface area contributed by atoms with E-state index in [0.717, 1.165) is 23.4 Å². The molecule has 0 N–H and O–H groups in total. The van der Waals surface area contributed by atoms with Crippen molar-refractivity contribution < 1.29 is 35.5 Å². The first-order chi connectivity index (χ1) is 17.1. The van der Waals surface area contributed by atoms with Gasteiger partial charge in [-0.1, -0.05) is 13.0 Å². The number of carbonyl (C=O) groups excluding carboxylic acids is 1. The minimum absolute atomic E-state index is 0.0678. The summed E-state index contributed by atoms with van der Waals surface area (Å²) in [7, 11) is 1.35. The third-order valence-corrected chi connectivity index (χ3v) is 6.82. The lowest BCUT2D eigenvalue weighted by atomic mass is 9.97. The number of urea groups is 1. The molecule has 1 aliphatic rings. The maximum Gasteiger partial charge on any atom is 0.416 e. The van der Waals surface area contributed by atoms with Crippen LogP contribution >= 0.6 is 0 Å². The van der Waals surface area contributed by atoms with Crippen molar-refractivity contribution in [1.29, 1.82) is 0 Å². The zero-order valence-electron chi connectivity index (χ0n) is 21.0. The molecule has 2 aromatic rings. The first-order valence-electron chi connectivity index (χ1n) is 11.9. The average molecular weight is 534 g/mol. The number of piperazine rings is 1. The summed E-state index contributed by atoms with van der Waals surface area (Å²) in [4.78, 5) is 18.5. The third kappa shape index (κ3) is 6.55. The number of amides is 2. The predicted molar refractivity (Wildman–Crippen MR) is 125 cm³/mol. The summed E-state index contributed by atoms with van der Waals surface area (Å²) in [5, 5.41) is 0. The molecule has 4 nitrogen and oxygen atoms in total. The standard InChI is InChI=1S/C26H30F7N3O/c1-5-8-35-9-10-36(23(15-35)22-7-6-21(27)11-16(22)2)24(37)34(4)17(3)18-12-19(25(28,29)30)14-20(13-18)26(31,32)33/h6-7,11-14,17,23H,5,8-10,15H2,1-4H3/t17-,23-/m1/s1. The van der Waals surface area contributed by atoms with E-state index < -0.39 is 47.4 Å². The number of hydrogen-bond acceptors (Lipinski definition) is 2. The van der Waals surface area contributed by atoms with Crippen molar-refractivity contribution in [2.24, 2.45) is 0 Å². The lowest BCUT2D eigenvalue weighted by molar-refractivity contribution is -0.143. The van der Waals surface area contributed by atoms with Crippen LogP contribution < -0.4 is 0 Å². The van der Waals surface area contributed by atoms with E-state index in [2.05, 4.69) is 4.90 Å². The van der Waals surface area contributed by atoms with Gasteiger partial charge in [0.2, 0.25) is 0 Å². The smallest absolute Gasteiger partial charge is 0.321 e. The van der Waals surface area contributed by atoms with Crippen LogP contribution in [0.25, 0.3) is 0 Å². The summed E-state index contributed by atoms with van der Waals surface area (Å²) >= 11 is 0. The van der Waals surface area contributed by atoms with Crippen molar-refractivity contribution >= 4 is 6.03 Å². The fourth-order valence-electron chi connectivity index (χ4n) is 4.68. The molecule has 1 heterocycles. The number of hydrogen-bond donors (Lipinski definition) is 0. The predicted octanol–water partition coefficient (Wildman–Crippen LogP) is 7.05. The molecule has 0 radical (unpaired) electrons. The highest BCUT2D eigenvalue weighted by atomic mass is 19.4. The van der Waals surface area contributed by atoms with Crippen LogP contribution in [0.4, 0.5) is 35.5 Å². The lowest BCUT2D eigenvalue weighted by Crippen LogP contribution is -2.54. The van der Waals surface area contributed by atoms with Crippen LogP contribution in [0.1, 0.15) is 60.2 Å². The van der Waals surface area contributed by atoms with E-state index >= 15 is 0 Å². The molecule has 0 spiro atoms. The highest BCUT2D eigenvalue weighted by molar-refractivity contribution is 5.75. The molecule has 0 aromatic heterocycles. The van der Waals surface area contributed by atoms with Crippen molar-refractivity contribution in [2.75, 3.05) is 33.2 Å². The zero-order chi connectivity index (χ0) is 27.7. The molecule has 0 bridgehead atoms. The van der Waals surface area contributed by atoms with Crippen molar-refractivity contribution in [3.8, 4) is 0 Å².